The number of halogens is 2. The molecule has 146 valence electrons. The molecule has 1 heterocycles. The topological polar surface area (TPSA) is 87.5 Å². The molecule has 0 saturated heterocycles. The molecule has 0 amide bonds. The van der Waals surface area contributed by atoms with Crippen molar-refractivity contribution in [3.8, 4) is 17.2 Å². The van der Waals surface area contributed by atoms with E-state index in [0.717, 1.165) is 4.68 Å². The normalized spacial score (nSPS) is 11.2. The van der Waals surface area contributed by atoms with E-state index >= 15 is 0 Å². The van der Waals surface area contributed by atoms with Crippen molar-refractivity contribution in [2.24, 2.45) is 0 Å². The van der Waals surface area contributed by atoms with Gasteiger partial charge >= 0.3 is 10.1 Å². The van der Waals surface area contributed by atoms with Gasteiger partial charge in [0.25, 0.3) is 5.56 Å². The Hall–Kier alpha value is -2.55. The summed E-state index contributed by atoms with van der Waals surface area (Å²) in [5, 5.41) is 3.75. The lowest BCUT2D eigenvalue weighted by Crippen LogP contribution is -2.21. The minimum Gasteiger partial charge on any atom is -0.494 e. The molecule has 0 fully saturated rings. The van der Waals surface area contributed by atoms with Crippen LogP contribution in [-0.2, 0) is 10.1 Å². The first-order valence-corrected chi connectivity index (χ1v) is 10.2. The average Bonchev–Trinajstić information content (AvgIpc) is 2.68. The van der Waals surface area contributed by atoms with Gasteiger partial charge in [-0.1, -0.05) is 23.2 Å². The van der Waals surface area contributed by atoms with Gasteiger partial charge in [0.05, 0.1) is 23.5 Å². The maximum atomic E-state index is 12.4. The molecule has 0 unspecified atom stereocenters. The Morgan fingerprint density at radius 3 is 2.21 bits per heavy atom. The molecular weight excluding hydrogens is 427 g/mol. The van der Waals surface area contributed by atoms with Gasteiger partial charge in [0.15, 0.2) is 0 Å². The predicted molar refractivity (Wildman–Crippen MR) is 105 cm³/mol. The molecule has 0 aliphatic carbocycles. The molecule has 0 bridgehead atoms. The molecule has 10 heteroatoms. The van der Waals surface area contributed by atoms with E-state index in [0.29, 0.717) is 18.0 Å². The van der Waals surface area contributed by atoms with E-state index in [-0.39, 0.29) is 20.7 Å². The van der Waals surface area contributed by atoms with E-state index in [4.69, 9.17) is 32.1 Å². The fourth-order valence-electron chi connectivity index (χ4n) is 2.28. The van der Waals surface area contributed by atoms with Gasteiger partial charge in [-0.25, -0.2) is 0 Å². The molecule has 0 N–H and O–H groups in total. The Labute approximate surface area is 171 Å². The van der Waals surface area contributed by atoms with Crippen LogP contribution in [-0.4, -0.2) is 24.8 Å². The second-order valence-corrected chi connectivity index (χ2v) is 7.79. The van der Waals surface area contributed by atoms with Gasteiger partial charge in [-0.15, -0.1) is 0 Å². The van der Waals surface area contributed by atoms with Gasteiger partial charge < -0.3 is 8.92 Å². The summed E-state index contributed by atoms with van der Waals surface area (Å²) in [6.07, 6.45) is 1.23. The highest BCUT2D eigenvalue weighted by Gasteiger charge is 2.17. The first kappa shape index (κ1) is 20.2. The summed E-state index contributed by atoms with van der Waals surface area (Å²) in [5.74, 6) is 0.756. The quantitative estimate of drug-likeness (QED) is 0.542. The van der Waals surface area contributed by atoms with Crippen LogP contribution in [0.2, 0.25) is 10.0 Å². The van der Waals surface area contributed by atoms with Crippen molar-refractivity contribution < 1.29 is 17.3 Å². The molecule has 3 rings (SSSR count). The molecular formula is C18H14Cl2N2O5S. The number of nitrogens with zero attached hydrogens (tertiary/aromatic N) is 2. The summed E-state index contributed by atoms with van der Waals surface area (Å²) in [5.41, 5.74) is -0.293. The lowest BCUT2D eigenvalue weighted by atomic mass is 10.3. The molecule has 28 heavy (non-hydrogen) atoms. The number of hydrogen-bond acceptors (Lipinski definition) is 6. The van der Waals surface area contributed by atoms with Crippen LogP contribution in [0.5, 0.6) is 11.5 Å². The standard InChI is InChI=1S/C18H14Cl2N2O5S/c1-2-26-13-5-7-14(8-6-13)27-28(24,25)15-9-3-12(4-10-15)22-18(23)17(20)16(19)11-21-22/h3-11H,2H2,1H3. The van der Waals surface area contributed by atoms with Gasteiger partial charge in [-0.3, -0.25) is 4.79 Å². The summed E-state index contributed by atoms with van der Waals surface area (Å²) < 4.78 is 36.3. The van der Waals surface area contributed by atoms with Crippen LogP contribution in [0.15, 0.2) is 64.4 Å². The second-order valence-electron chi connectivity index (χ2n) is 5.46. The molecule has 0 atom stereocenters. The molecule has 7 nitrogen and oxygen atoms in total. The third-order valence-corrected chi connectivity index (χ3v) is 5.60. The van der Waals surface area contributed by atoms with Crippen LogP contribution >= 0.6 is 23.2 Å². The summed E-state index contributed by atoms with van der Waals surface area (Å²) in [6.45, 7) is 2.35. The van der Waals surface area contributed by atoms with Gasteiger partial charge in [-0.05, 0) is 55.5 Å². The van der Waals surface area contributed by atoms with Gasteiger partial charge in [0, 0.05) is 0 Å². The van der Waals surface area contributed by atoms with Crippen molar-refractivity contribution in [1.82, 2.24) is 9.78 Å². The van der Waals surface area contributed by atoms with E-state index < -0.39 is 15.7 Å². The van der Waals surface area contributed by atoms with Crippen molar-refractivity contribution in [3.63, 3.8) is 0 Å². The second kappa shape index (κ2) is 8.22. The molecule has 0 saturated carbocycles. The van der Waals surface area contributed by atoms with Gasteiger partial charge in [0.2, 0.25) is 0 Å². The number of aromatic nitrogens is 2. The third-order valence-electron chi connectivity index (χ3n) is 3.59. The number of ether oxygens (including phenoxy) is 1. The van der Waals surface area contributed by atoms with Crippen LogP contribution in [0.3, 0.4) is 0 Å². The zero-order valence-corrected chi connectivity index (χ0v) is 16.8. The van der Waals surface area contributed by atoms with Crippen LogP contribution in [0, 0.1) is 0 Å². The van der Waals surface area contributed by atoms with E-state index in [1.54, 1.807) is 12.1 Å². The first-order chi connectivity index (χ1) is 13.3. The Morgan fingerprint density at radius 2 is 1.61 bits per heavy atom. The largest absolute Gasteiger partial charge is 0.494 e. The first-order valence-electron chi connectivity index (χ1n) is 8.03. The minimum atomic E-state index is -4.06. The number of rotatable bonds is 6. The average molecular weight is 441 g/mol. The molecule has 1 aromatic heterocycles. The van der Waals surface area contributed by atoms with Gasteiger partial charge in [0.1, 0.15) is 21.4 Å². The van der Waals surface area contributed by atoms with Gasteiger partial charge in [-0.2, -0.15) is 18.2 Å². The van der Waals surface area contributed by atoms with Crippen molar-refractivity contribution >= 4 is 33.3 Å². The molecule has 3 aromatic rings. The Kier molecular flexibility index (Phi) is 5.93. The van der Waals surface area contributed by atoms with Crippen molar-refractivity contribution in [2.75, 3.05) is 6.61 Å². The van der Waals surface area contributed by atoms with Crippen molar-refractivity contribution in [1.29, 1.82) is 0 Å². The predicted octanol–water partition coefficient (Wildman–Crippen LogP) is 3.71. The number of benzene rings is 2. The highest BCUT2D eigenvalue weighted by molar-refractivity contribution is 7.87. The smallest absolute Gasteiger partial charge is 0.339 e. The molecule has 0 aliphatic heterocycles. The summed E-state index contributed by atoms with van der Waals surface area (Å²) in [7, 11) is -4.06. The lowest BCUT2D eigenvalue weighted by molar-refractivity contribution is 0.340. The van der Waals surface area contributed by atoms with Crippen molar-refractivity contribution in [3.05, 3.63) is 75.1 Å². The van der Waals surface area contributed by atoms with E-state index in [1.165, 1.54) is 42.6 Å². The monoisotopic (exact) mass is 440 g/mol. The van der Waals surface area contributed by atoms with E-state index in [2.05, 4.69) is 5.10 Å². The van der Waals surface area contributed by atoms with Crippen molar-refractivity contribution in [2.45, 2.75) is 11.8 Å². The maximum Gasteiger partial charge on any atom is 0.339 e. The maximum absolute atomic E-state index is 12.4. The number of hydrogen-bond donors (Lipinski definition) is 0. The fourth-order valence-corrected chi connectivity index (χ4v) is 3.47. The molecule has 0 aliphatic rings. The highest BCUT2D eigenvalue weighted by atomic mass is 35.5. The summed E-state index contributed by atoms with van der Waals surface area (Å²) >= 11 is 11.6. The van der Waals surface area contributed by atoms with Crippen LogP contribution < -0.4 is 14.5 Å². The molecule has 2 aromatic carbocycles. The van der Waals surface area contributed by atoms with E-state index in [9.17, 15) is 13.2 Å². The Bertz CT molecular complexity index is 1140. The zero-order chi connectivity index (χ0) is 20.3. The summed E-state index contributed by atoms with van der Waals surface area (Å²) in [4.78, 5) is 12.0. The van der Waals surface area contributed by atoms with E-state index in [1.807, 2.05) is 6.92 Å². The molecule has 0 spiro atoms. The lowest BCUT2D eigenvalue weighted by Gasteiger charge is -2.09. The van der Waals surface area contributed by atoms with Crippen LogP contribution in [0.4, 0.5) is 0 Å². The highest BCUT2D eigenvalue weighted by Crippen LogP contribution is 2.23. The SMILES string of the molecule is CCOc1ccc(OS(=O)(=O)c2ccc(-n3ncc(Cl)c(Cl)c3=O)cc2)cc1. The minimum absolute atomic E-state index is 0.0332. The Balaban J connectivity index is 1.84. The molecule has 0 radical (unpaired) electrons. The Morgan fingerprint density at radius 1 is 1.00 bits per heavy atom. The zero-order valence-electron chi connectivity index (χ0n) is 14.5. The van der Waals surface area contributed by atoms with Crippen LogP contribution in [0.1, 0.15) is 6.92 Å². The third kappa shape index (κ3) is 4.30. The fraction of sp³-hybridized carbons (Fsp3) is 0.111. The van der Waals surface area contributed by atoms with Crippen LogP contribution in [0.25, 0.3) is 5.69 Å². The summed E-state index contributed by atoms with van der Waals surface area (Å²) in [6, 6.07) is 11.6.